The molecule has 0 aliphatic rings. The second kappa shape index (κ2) is 10.1. The molecule has 3 aromatic carbocycles. The number of fused-ring (bicyclic) bond motifs is 1. The zero-order chi connectivity index (χ0) is 24.1. The Bertz CT molecular complexity index is 1380. The van der Waals surface area contributed by atoms with Gasteiger partial charge in [-0.25, -0.2) is 4.79 Å². The summed E-state index contributed by atoms with van der Waals surface area (Å²) in [6, 6.07) is 20.3. The van der Waals surface area contributed by atoms with Crippen LogP contribution in [0.2, 0.25) is 0 Å². The Balaban J connectivity index is 1.87. The number of esters is 1. The molecule has 34 heavy (non-hydrogen) atoms. The standard InChI is InChI=1S/C27H25NO6/c1-4-33-27(30)24-16-28(25-15-20(31-2)10-11-23(25)26(24)29)19-12-21(32-3)14-22(13-19)34-17-18-8-6-5-7-9-18/h5-16H,4,17H2,1-3H3. The Morgan fingerprint density at radius 1 is 0.882 bits per heavy atom. The summed E-state index contributed by atoms with van der Waals surface area (Å²) < 4.78 is 23.7. The Hall–Kier alpha value is -4.26. The summed E-state index contributed by atoms with van der Waals surface area (Å²) in [5.74, 6) is 1.04. The number of methoxy groups -OCH3 is 2. The molecule has 0 radical (unpaired) electrons. The molecular formula is C27H25NO6. The van der Waals surface area contributed by atoms with E-state index in [0.717, 1.165) is 5.56 Å². The lowest BCUT2D eigenvalue weighted by Crippen LogP contribution is -2.20. The monoisotopic (exact) mass is 459 g/mol. The van der Waals surface area contributed by atoms with E-state index in [1.807, 2.05) is 36.4 Å². The molecule has 0 fully saturated rings. The Morgan fingerprint density at radius 3 is 2.32 bits per heavy atom. The molecule has 4 aromatic rings. The summed E-state index contributed by atoms with van der Waals surface area (Å²) in [7, 11) is 3.12. The number of ether oxygens (including phenoxy) is 4. The van der Waals surface area contributed by atoms with Crippen LogP contribution in [0.15, 0.2) is 77.7 Å². The first kappa shape index (κ1) is 22.9. The van der Waals surface area contributed by atoms with E-state index in [9.17, 15) is 9.59 Å². The minimum atomic E-state index is -0.678. The fraction of sp³-hybridized carbons (Fsp3) is 0.185. The maximum absolute atomic E-state index is 13.1. The van der Waals surface area contributed by atoms with E-state index in [1.165, 1.54) is 6.20 Å². The van der Waals surface area contributed by atoms with Gasteiger partial charge in [0.1, 0.15) is 29.4 Å². The third-order valence-corrected chi connectivity index (χ3v) is 5.33. The zero-order valence-electron chi connectivity index (χ0n) is 19.2. The average molecular weight is 459 g/mol. The van der Waals surface area contributed by atoms with E-state index in [-0.39, 0.29) is 12.2 Å². The van der Waals surface area contributed by atoms with Crippen molar-refractivity contribution in [2.45, 2.75) is 13.5 Å². The van der Waals surface area contributed by atoms with Crippen LogP contribution in [0.5, 0.6) is 17.2 Å². The number of benzene rings is 3. The van der Waals surface area contributed by atoms with Crippen molar-refractivity contribution in [2.75, 3.05) is 20.8 Å². The topological polar surface area (TPSA) is 76.0 Å². The van der Waals surface area contributed by atoms with Crippen molar-refractivity contribution in [1.29, 1.82) is 0 Å². The van der Waals surface area contributed by atoms with E-state index >= 15 is 0 Å². The molecule has 1 aromatic heterocycles. The highest BCUT2D eigenvalue weighted by Crippen LogP contribution is 2.29. The minimum absolute atomic E-state index is 0.0610. The highest BCUT2D eigenvalue weighted by atomic mass is 16.5. The first-order valence-electron chi connectivity index (χ1n) is 10.8. The summed E-state index contributed by atoms with van der Waals surface area (Å²) in [6.45, 7) is 2.23. The highest BCUT2D eigenvalue weighted by Gasteiger charge is 2.18. The van der Waals surface area contributed by atoms with E-state index < -0.39 is 11.4 Å². The van der Waals surface area contributed by atoms with Gasteiger partial charge in [0, 0.05) is 35.8 Å². The predicted octanol–water partition coefficient (Wildman–Crippen LogP) is 4.76. The largest absolute Gasteiger partial charge is 0.497 e. The highest BCUT2D eigenvalue weighted by molar-refractivity contribution is 5.94. The SMILES string of the molecule is CCOC(=O)c1cn(-c2cc(OC)cc(OCc3ccccc3)c2)c2cc(OC)ccc2c1=O. The van der Waals surface area contributed by atoms with E-state index in [4.69, 9.17) is 18.9 Å². The predicted molar refractivity (Wildman–Crippen MR) is 129 cm³/mol. The maximum Gasteiger partial charge on any atom is 0.343 e. The van der Waals surface area contributed by atoms with Gasteiger partial charge in [-0.2, -0.15) is 0 Å². The number of pyridine rings is 1. The van der Waals surface area contributed by atoms with Crippen LogP contribution >= 0.6 is 0 Å². The van der Waals surface area contributed by atoms with Gasteiger partial charge in [-0.3, -0.25) is 4.79 Å². The summed E-state index contributed by atoms with van der Waals surface area (Å²) in [4.78, 5) is 25.6. The smallest absolute Gasteiger partial charge is 0.343 e. The lowest BCUT2D eigenvalue weighted by atomic mass is 10.1. The van der Waals surface area contributed by atoms with Crippen molar-refractivity contribution >= 4 is 16.9 Å². The third kappa shape index (κ3) is 4.73. The van der Waals surface area contributed by atoms with E-state index in [1.54, 1.807) is 56.0 Å². The Kier molecular flexibility index (Phi) is 6.82. The number of hydrogen-bond acceptors (Lipinski definition) is 6. The number of carbonyl (C=O) groups excluding carboxylic acids is 1. The minimum Gasteiger partial charge on any atom is -0.497 e. The molecule has 0 unspecified atom stereocenters. The lowest BCUT2D eigenvalue weighted by molar-refractivity contribution is 0.0524. The van der Waals surface area contributed by atoms with Crippen LogP contribution in [0.4, 0.5) is 0 Å². The lowest BCUT2D eigenvalue weighted by Gasteiger charge is -2.16. The molecule has 0 saturated carbocycles. The van der Waals surface area contributed by atoms with Gasteiger partial charge in [-0.05, 0) is 24.6 Å². The average Bonchev–Trinajstić information content (AvgIpc) is 2.88. The third-order valence-electron chi connectivity index (χ3n) is 5.33. The summed E-state index contributed by atoms with van der Waals surface area (Å²) in [6.07, 6.45) is 1.48. The van der Waals surface area contributed by atoms with E-state index in [2.05, 4.69) is 0 Å². The molecule has 0 saturated heterocycles. The number of rotatable bonds is 8. The molecule has 0 spiro atoms. The van der Waals surface area contributed by atoms with Crippen molar-refractivity contribution in [1.82, 2.24) is 4.57 Å². The number of aromatic nitrogens is 1. The fourth-order valence-corrected chi connectivity index (χ4v) is 3.64. The van der Waals surface area contributed by atoms with Gasteiger partial charge < -0.3 is 23.5 Å². The normalized spacial score (nSPS) is 10.7. The molecule has 0 atom stereocenters. The second-order valence-corrected chi connectivity index (χ2v) is 7.49. The van der Waals surface area contributed by atoms with Gasteiger partial charge in [0.15, 0.2) is 0 Å². The summed E-state index contributed by atoms with van der Waals surface area (Å²) >= 11 is 0. The molecule has 0 N–H and O–H groups in total. The van der Waals surface area contributed by atoms with Gasteiger partial charge in [0.25, 0.3) is 0 Å². The van der Waals surface area contributed by atoms with Gasteiger partial charge in [0.05, 0.1) is 32.0 Å². The molecular weight excluding hydrogens is 434 g/mol. The maximum atomic E-state index is 13.1. The fourth-order valence-electron chi connectivity index (χ4n) is 3.64. The van der Waals surface area contributed by atoms with Crippen LogP contribution < -0.4 is 19.6 Å². The van der Waals surface area contributed by atoms with Gasteiger partial charge >= 0.3 is 5.97 Å². The Morgan fingerprint density at radius 2 is 1.62 bits per heavy atom. The van der Waals surface area contributed by atoms with Gasteiger partial charge in [-0.1, -0.05) is 30.3 Å². The molecule has 0 aliphatic carbocycles. The molecule has 4 rings (SSSR count). The molecule has 0 aliphatic heterocycles. The second-order valence-electron chi connectivity index (χ2n) is 7.49. The molecule has 7 nitrogen and oxygen atoms in total. The van der Waals surface area contributed by atoms with Crippen LogP contribution in [0, 0.1) is 0 Å². The summed E-state index contributed by atoms with van der Waals surface area (Å²) in [5.41, 5.74) is 1.77. The molecule has 0 bridgehead atoms. The van der Waals surface area contributed by atoms with Crippen LogP contribution in [0.25, 0.3) is 16.6 Å². The first-order valence-corrected chi connectivity index (χ1v) is 10.8. The first-order chi connectivity index (χ1) is 16.5. The van der Waals surface area contributed by atoms with Crippen molar-refractivity contribution in [3.05, 3.63) is 94.3 Å². The molecule has 1 heterocycles. The zero-order valence-corrected chi connectivity index (χ0v) is 19.2. The van der Waals surface area contributed by atoms with Gasteiger partial charge in [0.2, 0.25) is 5.43 Å². The van der Waals surface area contributed by atoms with E-state index in [0.29, 0.717) is 40.4 Å². The Labute approximate surface area is 197 Å². The molecule has 7 heteroatoms. The number of hydrogen-bond donors (Lipinski definition) is 0. The van der Waals surface area contributed by atoms with Crippen molar-refractivity contribution < 1.29 is 23.7 Å². The summed E-state index contributed by atoms with van der Waals surface area (Å²) in [5, 5.41) is 0.362. The van der Waals surface area contributed by atoms with Crippen LogP contribution in [-0.4, -0.2) is 31.4 Å². The molecule has 0 amide bonds. The quantitative estimate of drug-likeness (QED) is 0.354. The van der Waals surface area contributed by atoms with Crippen molar-refractivity contribution in [2.24, 2.45) is 0 Å². The van der Waals surface area contributed by atoms with Gasteiger partial charge in [-0.15, -0.1) is 0 Å². The molecule has 174 valence electrons. The van der Waals surface area contributed by atoms with Crippen LogP contribution in [0.3, 0.4) is 0 Å². The van der Waals surface area contributed by atoms with Crippen molar-refractivity contribution in [3.8, 4) is 22.9 Å². The number of carbonyl (C=O) groups is 1. The van der Waals surface area contributed by atoms with Crippen molar-refractivity contribution in [3.63, 3.8) is 0 Å². The van der Waals surface area contributed by atoms with Crippen LogP contribution in [-0.2, 0) is 11.3 Å². The number of nitrogens with zero attached hydrogens (tertiary/aromatic N) is 1. The van der Waals surface area contributed by atoms with Crippen LogP contribution in [0.1, 0.15) is 22.8 Å².